The molecule has 34 heavy (non-hydrogen) atoms. The van der Waals surface area contributed by atoms with Gasteiger partial charge >= 0.3 is 5.97 Å². The number of nitrogens with one attached hydrogen (secondary N) is 1. The highest BCUT2D eigenvalue weighted by Crippen LogP contribution is 2.40. The molecule has 3 aromatic rings. The molecule has 1 aliphatic carbocycles. The molecular weight excluding hydrogens is 492 g/mol. The second-order valence-corrected chi connectivity index (χ2v) is 10.6. The first-order chi connectivity index (χ1) is 16.4. The van der Waals surface area contributed by atoms with Crippen LogP contribution in [0.5, 0.6) is 0 Å². The van der Waals surface area contributed by atoms with Gasteiger partial charge in [-0.2, -0.15) is 0 Å². The lowest BCUT2D eigenvalue weighted by atomic mass is 9.88. The normalized spacial score (nSPS) is 15.0. The van der Waals surface area contributed by atoms with E-state index in [1.54, 1.807) is 12.1 Å². The number of carbonyl (C=O) groups is 2. The molecule has 1 atom stereocenters. The van der Waals surface area contributed by atoms with Gasteiger partial charge in [0, 0.05) is 22.0 Å². The Labute approximate surface area is 211 Å². The van der Waals surface area contributed by atoms with E-state index in [0.717, 1.165) is 35.3 Å². The Morgan fingerprint density at radius 2 is 2.24 bits per heavy atom. The monoisotopic (exact) mass is 516 g/mol. The highest BCUT2D eigenvalue weighted by atomic mass is 35.5. The van der Waals surface area contributed by atoms with Crippen LogP contribution in [0.2, 0.25) is 5.02 Å². The molecule has 4 rings (SSSR count). The lowest BCUT2D eigenvalue weighted by Crippen LogP contribution is -2.17. The van der Waals surface area contributed by atoms with Gasteiger partial charge < -0.3 is 10.1 Å². The first-order valence-corrected chi connectivity index (χ1v) is 13.0. The van der Waals surface area contributed by atoms with Crippen LogP contribution in [-0.4, -0.2) is 39.5 Å². The maximum Gasteiger partial charge on any atom is 0.341 e. The summed E-state index contributed by atoms with van der Waals surface area (Å²) in [7, 11) is 1.36. The maximum absolute atomic E-state index is 12.8. The van der Waals surface area contributed by atoms with Gasteiger partial charge in [0.25, 0.3) is 0 Å². The van der Waals surface area contributed by atoms with Crippen molar-refractivity contribution in [3.63, 3.8) is 0 Å². The molecule has 0 spiro atoms. The minimum Gasteiger partial charge on any atom is -0.465 e. The summed E-state index contributed by atoms with van der Waals surface area (Å²) in [5.41, 5.74) is 2.33. The molecule has 178 valence electrons. The van der Waals surface area contributed by atoms with Crippen molar-refractivity contribution >= 4 is 51.6 Å². The van der Waals surface area contributed by atoms with Gasteiger partial charge in [0.2, 0.25) is 5.91 Å². The first kappa shape index (κ1) is 24.5. The van der Waals surface area contributed by atoms with Crippen LogP contribution in [0.1, 0.15) is 34.1 Å². The van der Waals surface area contributed by atoms with E-state index in [4.69, 9.17) is 16.3 Å². The van der Waals surface area contributed by atoms with E-state index < -0.39 is 5.97 Å². The minimum atomic E-state index is -0.410. The number of benzene rings is 1. The molecule has 1 amide bonds. The number of nitrogens with zero attached hydrogens (tertiary/aromatic N) is 3. The molecule has 0 bridgehead atoms. The van der Waals surface area contributed by atoms with Crippen LogP contribution < -0.4 is 5.32 Å². The van der Waals surface area contributed by atoms with Crippen molar-refractivity contribution in [1.82, 2.24) is 14.8 Å². The fraction of sp³-hybridized carbons (Fsp3) is 0.333. The van der Waals surface area contributed by atoms with E-state index >= 15 is 0 Å². The van der Waals surface area contributed by atoms with Gasteiger partial charge in [-0.25, -0.2) is 4.79 Å². The van der Waals surface area contributed by atoms with Crippen molar-refractivity contribution < 1.29 is 14.3 Å². The number of methoxy groups -OCH3 is 1. The van der Waals surface area contributed by atoms with Crippen LogP contribution in [0, 0.1) is 5.92 Å². The third kappa shape index (κ3) is 5.21. The predicted molar refractivity (Wildman–Crippen MR) is 137 cm³/mol. The number of hydrogen-bond acceptors (Lipinski definition) is 7. The van der Waals surface area contributed by atoms with Crippen LogP contribution in [-0.2, 0) is 28.9 Å². The zero-order valence-electron chi connectivity index (χ0n) is 19.0. The molecule has 1 unspecified atom stereocenters. The summed E-state index contributed by atoms with van der Waals surface area (Å²) in [4.78, 5) is 26.5. The molecule has 7 nitrogen and oxygen atoms in total. The van der Waals surface area contributed by atoms with E-state index in [0.29, 0.717) is 39.0 Å². The fourth-order valence-corrected chi connectivity index (χ4v) is 6.33. The van der Waals surface area contributed by atoms with E-state index in [1.165, 1.54) is 30.2 Å². The van der Waals surface area contributed by atoms with Gasteiger partial charge in [-0.05, 0) is 42.9 Å². The van der Waals surface area contributed by atoms with Gasteiger partial charge in [0.05, 0.1) is 18.4 Å². The second-order valence-electron chi connectivity index (χ2n) is 8.10. The summed E-state index contributed by atoms with van der Waals surface area (Å²) in [6.07, 6.45) is 4.50. The lowest BCUT2D eigenvalue weighted by molar-refractivity contribution is -0.113. The standard InChI is InChI=1S/C24H25ClN4O3S2/c1-4-10-29-21(15-6-5-7-16(25)12-15)27-28-24(29)33-13-19(30)26-22-20(23(31)32-3)17-9-8-14(2)11-18(17)34-22/h4-7,12,14H,1,8-11,13H2,2-3H3,(H,26,30). The molecular formula is C24H25ClN4O3S2. The smallest absolute Gasteiger partial charge is 0.341 e. The molecule has 1 N–H and O–H groups in total. The lowest BCUT2D eigenvalue weighted by Gasteiger charge is -2.18. The molecule has 0 aliphatic heterocycles. The Balaban J connectivity index is 1.51. The summed E-state index contributed by atoms with van der Waals surface area (Å²) in [6.45, 7) is 6.51. The van der Waals surface area contributed by atoms with Crippen LogP contribution in [0.3, 0.4) is 0 Å². The average molecular weight is 517 g/mol. The van der Waals surface area contributed by atoms with Crippen molar-refractivity contribution in [2.45, 2.75) is 37.9 Å². The number of thiophene rings is 1. The zero-order valence-corrected chi connectivity index (χ0v) is 21.4. The SMILES string of the molecule is C=CCn1c(SCC(=O)Nc2sc3c(c2C(=O)OC)CCC(C)C3)nnc1-c1cccc(Cl)c1. The zero-order chi connectivity index (χ0) is 24.2. The van der Waals surface area contributed by atoms with Crippen LogP contribution in [0.15, 0.2) is 42.1 Å². The highest BCUT2D eigenvalue weighted by molar-refractivity contribution is 7.99. The van der Waals surface area contributed by atoms with E-state index in [1.807, 2.05) is 22.8 Å². The summed E-state index contributed by atoms with van der Waals surface area (Å²) in [5, 5.41) is 13.3. The Morgan fingerprint density at radius 1 is 1.41 bits per heavy atom. The van der Waals surface area contributed by atoms with Crippen LogP contribution >= 0.6 is 34.7 Å². The first-order valence-electron chi connectivity index (χ1n) is 10.9. The minimum absolute atomic E-state index is 0.115. The Hall–Kier alpha value is -2.62. The second kappa shape index (κ2) is 10.8. The number of halogens is 1. The topological polar surface area (TPSA) is 86.1 Å². The summed E-state index contributed by atoms with van der Waals surface area (Å²) in [6, 6.07) is 7.38. The quantitative estimate of drug-likeness (QED) is 0.242. The van der Waals surface area contributed by atoms with Crippen molar-refractivity contribution in [3.05, 3.63) is 57.9 Å². The number of esters is 1. The summed E-state index contributed by atoms with van der Waals surface area (Å²) in [5.74, 6) is 0.690. The Bertz CT molecular complexity index is 1240. The van der Waals surface area contributed by atoms with E-state index in [9.17, 15) is 9.59 Å². The molecule has 0 saturated carbocycles. The van der Waals surface area contributed by atoms with Crippen molar-refractivity contribution in [2.24, 2.45) is 5.92 Å². The number of rotatable bonds is 8. The van der Waals surface area contributed by atoms with Crippen molar-refractivity contribution in [3.8, 4) is 11.4 Å². The van der Waals surface area contributed by atoms with Gasteiger partial charge in [0.1, 0.15) is 5.00 Å². The molecule has 2 aromatic heterocycles. The average Bonchev–Trinajstić information content (AvgIpc) is 3.37. The molecule has 1 aliphatic rings. The van der Waals surface area contributed by atoms with Gasteiger partial charge in [-0.3, -0.25) is 9.36 Å². The number of thioether (sulfide) groups is 1. The van der Waals surface area contributed by atoms with Gasteiger partial charge in [-0.15, -0.1) is 28.1 Å². The summed E-state index contributed by atoms with van der Waals surface area (Å²) < 4.78 is 6.90. The van der Waals surface area contributed by atoms with E-state index in [-0.39, 0.29) is 11.7 Å². The highest BCUT2D eigenvalue weighted by Gasteiger charge is 2.29. The number of fused-ring (bicyclic) bond motifs is 1. The molecule has 1 aromatic carbocycles. The third-order valence-electron chi connectivity index (χ3n) is 5.60. The number of aromatic nitrogens is 3. The molecule has 2 heterocycles. The largest absolute Gasteiger partial charge is 0.465 e. The number of hydrogen-bond donors (Lipinski definition) is 1. The number of carbonyl (C=O) groups excluding carboxylic acids is 2. The number of anilines is 1. The summed E-state index contributed by atoms with van der Waals surface area (Å²) >= 11 is 8.88. The van der Waals surface area contributed by atoms with Crippen LogP contribution in [0.25, 0.3) is 11.4 Å². The third-order valence-corrected chi connectivity index (χ3v) is 7.97. The molecule has 0 radical (unpaired) electrons. The van der Waals surface area contributed by atoms with E-state index in [2.05, 4.69) is 29.0 Å². The van der Waals surface area contributed by atoms with Gasteiger partial charge in [0.15, 0.2) is 11.0 Å². The fourth-order valence-electron chi connectivity index (χ4n) is 3.98. The maximum atomic E-state index is 12.8. The predicted octanol–water partition coefficient (Wildman–Crippen LogP) is 5.49. The number of allylic oxidation sites excluding steroid dienone is 1. The molecule has 0 saturated heterocycles. The molecule has 0 fully saturated rings. The van der Waals surface area contributed by atoms with Gasteiger partial charge in [-0.1, -0.05) is 48.5 Å². The number of ether oxygens (including phenoxy) is 1. The van der Waals surface area contributed by atoms with Crippen LogP contribution in [0.4, 0.5) is 5.00 Å². The number of amides is 1. The Morgan fingerprint density at radius 3 is 2.97 bits per heavy atom. The Kier molecular flexibility index (Phi) is 7.75. The molecule has 10 heteroatoms. The van der Waals surface area contributed by atoms with Crippen molar-refractivity contribution in [1.29, 1.82) is 0 Å². The van der Waals surface area contributed by atoms with Crippen molar-refractivity contribution in [2.75, 3.05) is 18.2 Å².